The summed E-state index contributed by atoms with van der Waals surface area (Å²) in [5.41, 5.74) is 6.12. The molecule has 6 heteroatoms. The van der Waals surface area contributed by atoms with Gasteiger partial charge in [0.2, 0.25) is 0 Å². The molecule has 0 unspecified atom stereocenters. The first kappa shape index (κ1) is 7.63. The van der Waals surface area contributed by atoms with Crippen LogP contribution in [0, 0.1) is 11.3 Å². The van der Waals surface area contributed by atoms with Gasteiger partial charge in [-0.1, -0.05) is 0 Å². The number of nitrogens with zero attached hydrogens (tertiary/aromatic N) is 2. The second-order valence-corrected chi connectivity index (χ2v) is 2.36. The summed E-state index contributed by atoms with van der Waals surface area (Å²) >= 11 is 0.362. The summed E-state index contributed by atoms with van der Waals surface area (Å²) in [5, 5.41) is 14.5. The molecule has 0 fully saturated rings. The van der Waals surface area contributed by atoms with Crippen LogP contribution in [0.2, 0.25) is 0 Å². The number of nitriles is 1. The summed E-state index contributed by atoms with van der Waals surface area (Å²) in [5.74, 6) is 0.399. The fraction of sp³-hybridized carbons (Fsp3) is 0.200. The lowest BCUT2D eigenvalue weighted by Crippen LogP contribution is -1.91. The molecule has 0 saturated carbocycles. The molecule has 0 aliphatic carbocycles. The summed E-state index contributed by atoms with van der Waals surface area (Å²) < 4.78 is 10.1. The zero-order valence-electron chi connectivity index (χ0n) is 5.50. The van der Waals surface area contributed by atoms with Gasteiger partial charge in [0.1, 0.15) is 11.8 Å². The minimum atomic E-state index is 0.172. The lowest BCUT2D eigenvalue weighted by atomic mass is 10.3. The first-order valence-corrected chi connectivity index (χ1v) is 3.68. The van der Waals surface area contributed by atoms with Crippen LogP contribution in [0.3, 0.4) is 0 Å². The van der Waals surface area contributed by atoms with Crippen LogP contribution >= 0.6 is 0 Å². The van der Waals surface area contributed by atoms with Gasteiger partial charge in [-0.15, -0.1) is 0 Å². The number of anilines is 1. The van der Waals surface area contributed by atoms with Crippen molar-refractivity contribution in [3.8, 4) is 6.07 Å². The number of nitrogen functional groups attached to an aromatic ring is 1. The number of hydrogen-bond acceptors (Lipinski definition) is 4. The summed E-state index contributed by atoms with van der Waals surface area (Å²) in [4.78, 5) is 0. The molecule has 3 N–H and O–H groups in total. The molecule has 1 aromatic rings. The lowest BCUT2D eigenvalue weighted by Gasteiger charge is -1.81. The number of hydrogen-bond donors (Lipinski definition) is 2. The molecule has 0 bridgehead atoms. The smallest absolute Gasteiger partial charge is 0.382 e. The Morgan fingerprint density at radius 2 is 2.55 bits per heavy atom. The second kappa shape index (κ2) is 3.07. The van der Waals surface area contributed by atoms with Gasteiger partial charge in [-0.2, -0.15) is 10.4 Å². The van der Waals surface area contributed by atoms with E-state index in [1.807, 2.05) is 6.07 Å². The van der Waals surface area contributed by atoms with Crippen molar-refractivity contribution in [2.45, 2.75) is 5.75 Å². The van der Waals surface area contributed by atoms with E-state index in [0.29, 0.717) is 17.2 Å². The molecule has 0 atom stereocenters. The van der Waals surface area contributed by atoms with Gasteiger partial charge in [0.25, 0.3) is 5.75 Å². The van der Waals surface area contributed by atoms with Crippen molar-refractivity contribution in [1.29, 1.82) is 5.26 Å². The highest BCUT2D eigenvalue weighted by Gasteiger charge is 2.15. The molecule has 0 saturated heterocycles. The van der Waals surface area contributed by atoms with Crippen molar-refractivity contribution in [1.82, 2.24) is 10.2 Å². The zero-order chi connectivity index (χ0) is 8.27. The van der Waals surface area contributed by atoms with Crippen molar-refractivity contribution in [2.75, 3.05) is 5.73 Å². The lowest BCUT2D eigenvalue weighted by molar-refractivity contribution is 0.604. The molecule has 0 amide bonds. The van der Waals surface area contributed by atoms with E-state index >= 15 is 0 Å². The summed E-state index contributed by atoms with van der Waals surface area (Å²) in [6.07, 6.45) is 0. The molecule has 5 nitrogen and oxygen atoms in total. The molecular weight excluding hydrogens is 164 g/mol. The normalized spacial score (nSPS) is 9.00. The van der Waals surface area contributed by atoms with Crippen LogP contribution < -0.4 is 5.73 Å². The van der Waals surface area contributed by atoms with Gasteiger partial charge in [-0.25, -0.2) is 0 Å². The van der Waals surface area contributed by atoms with Gasteiger partial charge >= 0.3 is 11.7 Å². The number of rotatable bonds is 2. The average molecular weight is 169 g/mol. The van der Waals surface area contributed by atoms with Crippen molar-refractivity contribution in [3.05, 3.63) is 11.3 Å². The Morgan fingerprint density at radius 3 is 3.09 bits per heavy atom. The van der Waals surface area contributed by atoms with E-state index < -0.39 is 0 Å². The van der Waals surface area contributed by atoms with Crippen LogP contribution in [0.25, 0.3) is 0 Å². The van der Waals surface area contributed by atoms with E-state index in [1.54, 1.807) is 0 Å². The molecule has 11 heavy (non-hydrogen) atoms. The Balaban J connectivity index is 3.09. The van der Waals surface area contributed by atoms with Crippen LogP contribution in [0.15, 0.2) is 0 Å². The van der Waals surface area contributed by atoms with E-state index in [1.165, 1.54) is 0 Å². The highest BCUT2D eigenvalue weighted by molar-refractivity contribution is 7.64. The third kappa shape index (κ3) is 1.33. The van der Waals surface area contributed by atoms with E-state index in [-0.39, 0.29) is 17.3 Å². The van der Waals surface area contributed by atoms with Gasteiger partial charge in [-0.3, -0.25) is 5.10 Å². The third-order valence-electron chi connectivity index (χ3n) is 1.21. The maximum atomic E-state index is 10.1. The van der Waals surface area contributed by atoms with E-state index in [4.69, 9.17) is 11.0 Å². The topological polar surface area (TPSA) is 95.6 Å². The minimum absolute atomic E-state index is 0.172. The first-order chi connectivity index (χ1) is 5.29. The van der Waals surface area contributed by atoms with Crippen LogP contribution in [-0.2, 0) is 21.6 Å². The zero-order valence-corrected chi connectivity index (χ0v) is 6.31. The predicted molar refractivity (Wildman–Crippen MR) is 39.5 cm³/mol. The molecule has 1 heterocycles. The maximum Gasteiger partial charge on any atom is 0.464 e. The number of H-pyrrole nitrogens is 1. The fourth-order valence-corrected chi connectivity index (χ4v) is 1.09. The summed E-state index contributed by atoms with van der Waals surface area (Å²) in [6, 6.07) is 1.85. The Morgan fingerprint density at radius 1 is 1.82 bits per heavy atom. The first-order valence-electron chi connectivity index (χ1n) is 2.77. The molecule has 0 spiro atoms. The molecule has 0 aromatic carbocycles. The van der Waals surface area contributed by atoms with Crippen LogP contribution in [0.5, 0.6) is 0 Å². The molecule has 0 radical (unpaired) electrons. The Bertz CT molecular complexity index is 313. The monoisotopic (exact) mass is 169 g/mol. The van der Waals surface area contributed by atoms with Crippen molar-refractivity contribution >= 4 is 17.5 Å². The SMILES string of the molecule is N#Cc1[nH]nc(N)c1C[S+]=O. The quantitative estimate of drug-likeness (QED) is 0.599. The molecule has 0 aliphatic rings. The Labute approximate surface area is 66.7 Å². The van der Waals surface area contributed by atoms with Gasteiger partial charge < -0.3 is 5.73 Å². The fourth-order valence-electron chi connectivity index (χ4n) is 0.677. The predicted octanol–water partition coefficient (Wildman–Crippen LogP) is -0.208. The van der Waals surface area contributed by atoms with Crippen LogP contribution in [0.4, 0.5) is 5.82 Å². The van der Waals surface area contributed by atoms with Gasteiger partial charge in [0, 0.05) is 4.21 Å². The highest BCUT2D eigenvalue weighted by Crippen LogP contribution is 2.11. The molecule has 1 aromatic heterocycles. The van der Waals surface area contributed by atoms with Gasteiger partial charge in [-0.05, 0) is 0 Å². The standard InChI is InChI=1S/C5H5N4OS/c6-1-4-3(2-11-10)5(7)9-8-4/h2H2,(H3,7,8,9)/q+1. The van der Waals surface area contributed by atoms with Crippen molar-refractivity contribution in [2.24, 2.45) is 0 Å². The Hall–Kier alpha value is -1.48. The molecule has 0 aliphatic heterocycles. The number of nitrogens with one attached hydrogen (secondary N) is 1. The number of nitrogens with two attached hydrogens (primary N) is 1. The minimum Gasteiger partial charge on any atom is -0.382 e. The van der Waals surface area contributed by atoms with E-state index in [9.17, 15) is 4.21 Å². The molecule has 1 rings (SSSR count). The molecular formula is C5H5N4OS+. The summed E-state index contributed by atoms with van der Waals surface area (Å²) in [7, 11) is 0. The summed E-state index contributed by atoms with van der Waals surface area (Å²) in [6.45, 7) is 0. The third-order valence-corrected chi connectivity index (χ3v) is 1.62. The van der Waals surface area contributed by atoms with Crippen LogP contribution in [-0.4, -0.2) is 10.2 Å². The Kier molecular flexibility index (Phi) is 2.13. The van der Waals surface area contributed by atoms with E-state index in [0.717, 1.165) is 0 Å². The number of aromatic amines is 1. The van der Waals surface area contributed by atoms with Crippen LogP contribution in [0.1, 0.15) is 11.3 Å². The van der Waals surface area contributed by atoms with E-state index in [2.05, 4.69) is 10.2 Å². The highest BCUT2D eigenvalue weighted by atomic mass is 32.1. The largest absolute Gasteiger partial charge is 0.464 e. The molecule has 56 valence electrons. The van der Waals surface area contributed by atoms with Gasteiger partial charge in [0.15, 0.2) is 5.82 Å². The van der Waals surface area contributed by atoms with Gasteiger partial charge in [0.05, 0.1) is 5.56 Å². The maximum absolute atomic E-state index is 10.1. The van der Waals surface area contributed by atoms with Crippen molar-refractivity contribution in [3.63, 3.8) is 0 Å². The van der Waals surface area contributed by atoms with Crippen molar-refractivity contribution < 1.29 is 4.21 Å². The second-order valence-electron chi connectivity index (χ2n) is 1.84. The number of aromatic nitrogens is 2. The average Bonchev–Trinajstić information content (AvgIpc) is 2.34.